The Bertz CT molecular complexity index is 339. The summed E-state index contributed by atoms with van der Waals surface area (Å²) in [5, 5.41) is 0. The Kier molecular flexibility index (Phi) is 1.53. The minimum absolute atomic E-state index is 0.315. The van der Waals surface area contributed by atoms with E-state index in [0.29, 0.717) is 18.1 Å². The van der Waals surface area contributed by atoms with Gasteiger partial charge in [-0.05, 0) is 24.0 Å². The van der Waals surface area contributed by atoms with Crippen LogP contribution < -0.4 is 0 Å². The van der Waals surface area contributed by atoms with Crippen molar-refractivity contribution in [3.8, 4) is 0 Å². The summed E-state index contributed by atoms with van der Waals surface area (Å²) in [6.07, 6.45) is 0.695. The Morgan fingerprint density at radius 1 is 1.42 bits per heavy atom. The topological polar surface area (TPSA) is 17.1 Å². The fourth-order valence-electron chi connectivity index (χ4n) is 1.97. The van der Waals surface area contributed by atoms with Crippen molar-refractivity contribution in [2.75, 3.05) is 0 Å². The fourth-order valence-corrected chi connectivity index (χ4v) is 1.97. The molecule has 0 heterocycles. The molecule has 1 nitrogen and oxygen atoms in total. The van der Waals surface area contributed by atoms with E-state index in [1.165, 1.54) is 5.56 Å². The summed E-state index contributed by atoms with van der Waals surface area (Å²) in [5.41, 5.74) is 3.34. The highest BCUT2D eigenvalue weighted by molar-refractivity contribution is 6.02. The lowest BCUT2D eigenvalue weighted by molar-refractivity contribution is 0.0989. The van der Waals surface area contributed by atoms with E-state index in [0.717, 1.165) is 11.1 Å². The molecule has 1 aromatic rings. The number of aryl methyl sites for hydroxylation is 1. The predicted molar refractivity (Wildman–Crippen MR) is 48.5 cm³/mol. The van der Waals surface area contributed by atoms with Crippen LogP contribution in [-0.2, 0) is 0 Å². The monoisotopic (exact) mass is 160 g/mol. The van der Waals surface area contributed by atoms with Crippen molar-refractivity contribution >= 4 is 5.78 Å². The van der Waals surface area contributed by atoms with Gasteiger partial charge < -0.3 is 0 Å². The fraction of sp³-hybridized carbons (Fsp3) is 0.364. The van der Waals surface area contributed by atoms with Crippen LogP contribution >= 0.6 is 0 Å². The van der Waals surface area contributed by atoms with Gasteiger partial charge in [0.2, 0.25) is 0 Å². The molecule has 0 radical (unpaired) electrons. The molecule has 1 aromatic carbocycles. The highest BCUT2D eigenvalue weighted by atomic mass is 16.1. The Balaban J connectivity index is 2.67. The zero-order valence-corrected chi connectivity index (χ0v) is 7.42. The molecule has 12 heavy (non-hydrogen) atoms. The molecular weight excluding hydrogens is 148 g/mol. The molecule has 0 bridgehead atoms. The van der Waals surface area contributed by atoms with Crippen molar-refractivity contribution in [1.29, 1.82) is 0 Å². The third-order valence-corrected chi connectivity index (χ3v) is 2.61. The number of hydrogen-bond acceptors (Lipinski definition) is 1. The lowest BCUT2D eigenvalue weighted by atomic mass is 10.0. The lowest BCUT2D eigenvalue weighted by Gasteiger charge is -2.03. The summed E-state index contributed by atoms with van der Waals surface area (Å²) in [4.78, 5) is 11.5. The summed E-state index contributed by atoms with van der Waals surface area (Å²) >= 11 is 0. The average Bonchev–Trinajstić information content (AvgIpc) is 2.29. The van der Waals surface area contributed by atoms with Crippen molar-refractivity contribution in [2.24, 2.45) is 0 Å². The summed E-state index contributed by atoms with van der Waals surface area (Å²) in [6.45, 7) is 4.12. The molecule has 0 fully saturated rings. The minimum atomic E-state index is 0.315. The van der Waals surface area contributed by atoms with Crippen LogP contribution in [-0.4, -0.2) is 5.78 Å². The molecule has 0 amide bonds. The van der Waals surface area contributed by atoms with Crippen LogP contribution in [0.2, 0.25) is 0 Å². The van der Waals surface area contributed by atoms with Crippen LogP contribution in [0.25, 0.3) is 0 Å². The van der Waals surface area contributed by atoms with E-state index >= 15 is 0 Å². The van der Waals surface area contributed by atoms with Crippen molar-refractivity contribution < 1.29 is 4.79 Å². The highest BCUT2D eigenvalue weighted by Crippen LogP contribution is 2.33. The lowest BCUT2D eigenvalue weighted by Crippen LogP contribution is -1.94. The smallest absolute Gasteiger partial charge is 0.164 e. The number of benzene rings is 1. The standard InChI is InChI=1S/C11H12O/c1-7-4-3-5-9-8(2)6-10(12)11(7)9/h3-5,8H,6H2,1-2H3/t8-/m0/s1. The largest absolute Gasteiger partial charge is 0.294 e. The Morgan fingerprint density at radius 3 is 2.83 bits per heavy atom. The van der Waals surface area contributed by atoms with Gasteiger partial charge in [-0.3, -0.25) is 4.79 Å². The molecule has 0 spiro atoms. The molecule has 0 aliphatic heterocycles. The second-order valence-electron chi connectivity index (χ2n) is 3.57. The van der Waals surface area contributed by atoms with Crippen molar-refractivity contribution in [3.05, 3.63) is 34.9 Å². The number of rotatable bonds is 0. The second kappa shape index (κ2) is 2.44. The Hall–Kier alpha value is -1.11. The van der Waals surface area contributed by atoms with Gasteiger partial charge in [-0.1, -0.05) is 25.1 Å². The van der Waals surface area contributed by atoms with Crippen LogP contribution in [0.5, 0.6) is 0 Å². The van der Waals surface area contributed by atoms with Gasteiger partial charge in [-0.15, -0.1) is 0 Å². The molecule has 2 rings (SSSR count). The van der Waals surface area contributed by atoms with E-state index < -0.39 is 0 Å². The molecule has 0 N–H and O–H groups in total. The molecule has 0 saturated carbocycles. The van der Waals surface area contributed by atoms with Gasteiger partial charge in [0.15, 0.2) is 5.78 Å². The summed E-state index contributed by atoms with van der Waals surface area (Å²) in [5.74, 6) is 0.739. The van der Waals surface area contributed by atoms with Gasteiger partial charge >= 0.3 is 0 Å². The molecule has 1 aliphatic rings. The maximum Gasteiger partial charge on any atom is 0.164 e. The van der Waals surface area contributed by atoms with Crippen LogP contribution in [0.15, 0.2) is 18.2 Å². The van der Waals surface area contributed by atoms with Gasteiger partial charge in [0.05, 0.1) is 0 Å². The molecule has 1 aliphatic carbocycles. The number of fused-ring (bicyclic) bond motifs is 1. The summed E-state index contributed by atoms with van der Waals surface area (Å²) in [6, 6.07) is 6.11. The molecule has 0 unspecified atom stereocenters. The van der Waals surface area contributed by atoms with Gasteiger partial charge in [0.25, 0.3) is 0 Å². The van der Waals surface area contributed by atoms with E-state index in [-0.39, 0.29) is 0 Å². The molecule has 0 aromatic heterocycles. The Morgan fingerprint density at radius 2 is 2.17 bits per heavy atom. The molecule has 1 heteroatoms. The quantitative estimate of drug-likeness (QED) is 0.570. The van der Waals surface area contributed by atoms with Crippen LogP contribution in [0.1, 0.15) is 40.7 Å². The third-order valence-electron chi connectivity index (χ3n) is 2.61. The first-order valence-corrected chi connectivity index (χ1v) is 4.33. The van der Waals surface area contributed by atoms with E-state index in [2.05, 4.69) is 13.0 Å². The summed E-state index contributed by atoms with van der Waals surface area (Å²) in [7, 11) is 0. The number of carbonyl (C=O) groups is 1. The zero-order valence-electron chi connectivity index (χ0n) is 7.42. The summed E-state index contributed by atoms with van der Waals surface area (Å²) < 4.78 is 0. The van der Waals surface area contributed by atoms with E-state index in [1.807, 2.05) is 19.1 Å². The maximum atomic E-state index is 11.5. The first-order chi connectivity index (χ1) is 5.70. The van der Waals surface area contributed by atoms with Gasteiger partial charge in [0, 0.05) is 12.0 Å². The number of carbonyl (C=O) groups excluding carboxylic acids is 1. The second-order valence-corrected chi connectivity index (χ2v) is 3.57. The van der Waals surface area contributed by atoms with Gasteiger partial charge in [0.1, 0.15) is 0 Å². The number of Topliss-reactive ketones (excluding diaryl/α,β-unsaturated/α-hetero) is 1. The number of ketones is 1. The SMILES string of the molecule is Cc1cccc2c1C(=O)C[C@@H]2C. The highest BCUT2D eigenvalue weighted by Gasteiger charge is 2.26. The van der Waals surface area contributed by atoms with E-state index in [4.69, 9.17) is 0 Å². The van der Waals surface area contributed by atoms with Crippen molar-refractivity contribution in [1.82, 2.24) is 0 Å². The maximum absolute atomic E-state index is 11.5. The molecule has 1 atom stereocenters. The van der Waals surface area contributed by atoms with E-state index in [1.54, 1.807) is 0 Å². The Labute approximate surface area is 72.4 Å². The normalized spacial score (nSPS) is 21.2. The minimum Gasteiger partial charge on any atom is -0.294 e. The zero-order chi connectivity index (χ0) is 8.72. The first kappa shape index (κ1) is 7.53. The van der Waals surface area contributed by atoms with Crippen LogP contribution in [0.3, 0.4) is 0 Å². The molecule has 62 valence electrons. The average molecular weight is 160 g/mol. The van der Waals surface area contributed by atoms with E-state index in [9.17, 15) is 4.79 Å². The van der Waals surface area contributed by atoms with Crippen molar-refractivity contribution in [3.63, 3.8) is 0 Å². The molecule has 0 saturated heterocycles. The predicted octanol–water partition coefficient (Wildman–Crippen LogP) is 2.68. The third kappa shape index (κ3) is 0.893. The molecular formula is C11H12O. The van der Waals surface area contributed by atoms with Crippen LogP contribution in [0.4, 0.5) is 0 Å². The van der Waals surface area contributed by atoms with Gasteiger partial charge in [-0.25, -0.2) is 0 Å². The number of hydrogen-bond donors (Lipinski definition) is 0. The van der Waals surface area contributed by atoms with Gasteiger partial charge in [-0.2, -0.15) is 0 Å². The van der Waals surface area contributed by atoms with Crippen molar-refractivity contribution in [2.45, 2.75) is 26.2 Å². The van der Waals surface area contributed by atoms with Crippen LogP contribution in [0, 0.1) is 6.92 Å². The first-order valence-electron chi connectivity index (χ1n) is 4.33.